The average molecular weight is 342 g/mol. The summed E-state index contributed by atoms with van der Waals surface area (Å²) >= 11 is 0. The van der Waals surface area contributed by atoms with E-state index in [0.29, 0.717) is 18.8 Å². The maximum Gasteiger partial charge on any atom is 0.130 e. The van der Waals surface area contributed by atoms with Crippen LogP contribution in [0.3, 0.4) is 0 Å². The molecule has 0 heterocycles. The number of hydrogen-bond acceptors (Lipinski definition) is 2. The Morgan fingerprint density at radius 3 is 2.40 bits per heavy atom. The summed E-state index contributed by atoms with van der Waals surface area (Å²) in [5.74, 6) is 0.622. The van der Waals surface area contributed by atoms with Crippen molar-refractivity contribution >= 4 is 5.57 Å². The van der Waals surface area contributed by atoms with Gasteiger partial charge in [0, 0.05) is 12.2 Å². The number of ether oxygens (including phenoxy) is 2. The van der Waals surface area contributed by atoms with Gasteiger partial charge in [-0.2, -0.15) is 0 Å². The van der Waals surface area contributed by atoms with Crippen LogP contribution in [0, 0.1) is 5.82 Å². The Balaban J connectivity index is 1.98. The number of benzene rings is 2. The van der Waals surface area contributed by atoms with E-state index in [1.165, 1.54) is 6.07 Å². The fourth-order valence-corrected chi connectivity index (χ4v) is 2.47. The molecule has 2 aromatic carbocycles. The summed E-state index contributed by atoms with van der Waals surface area (Å²) < 4.78 is 25.1. The van der Waals surface area contributed by atoms with Crippen LogP contribution in [0.4, 0.5) is 4.39 Å². The quantitative estimate of drug-likeness (QED) is 0.512. The third-order valence-corrected chi connectivity index (χ3v) is 4.15. The van der Waals surface area contributed by atoms with Gasteiger partial charge in [-0.05, 0) is 61.2 Å². The zero-order valence-corrected chi connectivity index (χ0v) is 15.3. The lowest BCUT2D eigenvalue weighted by Gasteiger charge is -2.10. The molecule has 0 atom stereocenters. The summed E-state index contributed by atoms with van der Waals surface area (Å²) in [6, 6.07) is 13.1. The predicted octanol–water partition coefficient (Wildman–Crippen LogP) is 6.11. The average Bonchev–Trinajstić information content (AvgIpc) is 2.65. The Bertz CT molecular complexity index is 690. The fraction of sp³-hybridized carbons (Fsp3) is 0.364. The van der Waals surface area contributed by atoms with Crippen molar-refractivity contribution in [1.29, 1.82) is 0 Å². The first kappa shape index (κ1) is 19.2. The molecule has 0 bridgehead atoms. The Kier molecular flexibility index (Phi) is 7.68. The van der Waals surface area contributed by atoms with Gasteiger partial charge in [-0.25, -0.2) is 4.39 Å². The molecule has 0 N–H and O–H groups in total. The highest BCUT2D eigenvalue weighted by molar-refractivity contribution is 5.72. The Morgan fingerprint density at radius 2 is 1.72 bits per heavy atom. The van der Waals surface area contributed by atoms with E-state index in [-0.39, 0.29) is 5.82 Å². The molecule has 3 heteroatoms. The standard InChI is InChI=1S/C22H27FO2/c1-4-6-13-24-14-15-25-20-10-7-18(8-11-20)19-9-12-22(23)21(16-19)17(3)5-2/h5,7-12,16H,4,6,13-15H2,1-3H3/b17-5+. The summed E-state index contributed by atoms with van der Waals surface area (Å²) in [7, 11) is 0. The Morgan fingerprint density at radius 1 is 1.00 bits per heavy atom. The number of allylic oxidation sites excluding steroid dienone is 2. The lowest BCUT2D eigenvalue weighted by atomic mass is 9.99. The molecule has 0 aliphatic heterocycles. The van der Waals surface area contributed by atoms with E-state index in [0.717, 1.165) is 41.9 Å². The zero-order valence-electron chi connectivity index (χ0n) is 15.3. The van der Waals surface area contributed by atoms with Gasteiger partial charge in [0.05, 0.1) is 6.61 Å². The number of rotatable bonds is 9. The minimum Gasteiger partial charge on any atom is -0.491 e. The monoisotopic (exact) mass is 342 g/mol. The Labute approximate surface area is 150 Å². The molecule has 134 valence electrons. The first-order chi connectivity index (χ1) is 12.2. The molecule has 0 fully saturated rings. The summed E-state index contributed by atoms with van der Waals surface area (Å²) in [6.07, 6.45) is 4.14. The van der Waals surface area contributed by atoms with Gasteiger partial charge in [-0.15, -0.1) is 0 Å². The lowest BCUT2D eigenvalue weighted by Crippen LogP contribution is -2.07. The van der Waals surface area contributed by atoms with Crippen LogP contribution in [0.25, 0.3) is 16.7 Å². The highest BCUT2D eigenvalue weighted by atomic mass is 19.1. The van der Waals surface area contributed by atoms with E-state index in [4.69, 9.17) is 9.47 Å². The van der Waals surface area contributed by atoms with Gasteiger partial charge in [0.25, 0.3) is 0 Å². The Hall–Kier alpha value is -2.13. The third-order valence-electron chi connectivity index (χ3n) is 4.15. The minimum absolute atomic E-state index is 0.192. The summed E-state index contributed by atoms with van der Waals surface area (Å²) in [5, 5.41) is 0. The maximum atomic E-state index is 14.0. The number of unbranched alkanes of at least 4 members (excludes halogenated alkanes) is 1. The minimum atomic E-state index is -0.192. The molecule has 0 radical (unpaired) electrons. The molecule has 0 spiro atoms. The predicted molar refractivity (Wildman–Crippen MR) is 102 cm³/mol. The number of hydrogen-bond donors (Lipinski definition) is 0. The second-order valence-corrected chi connectivity index (χ2v) is 6.01. The molecule has 0 aliphatic carbocycles. The van der Waals surface area contributed by atoms with Crippen LogP contribution in [0.15, 0.2) is 48.5 Å². The van der Waals surface area contributed by atoms with Gasteiger partial charge in [-0.1, -0.05) is 37.6 Å². The van der Waals surface area contributed by atoms with E-state index in [1.54, 1.807) is 6.07 Å². The molecule has 2 rings (SSSR count). The van der Waals surface area contributed by atoms with Crippen molar-refractivity contribution in [2.24, 2.45) is 0 Å². The van der Waals surface area contributed by atoms with E-state index in [2.05, 4.69) is 6.92 Å². The van der Waals surface area contributed by atoms with Crippen molar-refractivity contribution in [3.63, 3.8) is 0 Å². The van der Waals surface area contributed by atoms with Crippen LogP contribution in [0.2, 0.25) is 0 Å². The SMILES string of the molecule is C/C=C(\C)c1cc(-c2ccc(OCCOCCCC)cc2)ccc1F. The van der Waals surface area contributed by atoms with Crippen LogP contribution in [-0.2, 0) is 4.74 Å². The molecule has 0 amide bonds. The van der Waals surface area contributed by atoms with Crippen molar-refractivity contribution in [1.82, 2.24) is 0 Å². The van der Waals surface area contributed by atoms with Crippen molar-refractivity contribution in [2.45, 2.75) is 33.6 Å². The van der Waals surface area contributed by atoms with E-state index in [1.807, 2.05) is 50.3 Å². The van der Waals surface area contributed by atoms with Gasteiger partial charge >= 0.3 is 0 Å². The summed E-state index contributed by atoms with van der Waals surface area (Å²) in [5.41, 5.74) is 3.61. The first-order valence-electron chi connectivity index (χ1n) is 8.89. The fourth-order valence-electron chi connectivity index (χ4n) is 2.47. The largest absolute Gasteiger partial charge is 0.491 e. The van der Waals surface area contributed by atoms with Gasteiger partial charge < -0.3 is 9.47 Å². The van der Waals surface area contributed by atoms with Crippen molar-refractivity contribution < 1.29 is 13.9 Å². The zero-order chi connectivity index (χ0) is 18.1. The highest BCUT2D eigenvalue weighted by Gasteiger charge is 2.07. The van der Waals surface area contributed by atoms with Gasteiger partial charge in [0.15, 0.2) is 0 Å². The second kappa shape index (κ2) is 10.00. The van der Waals surface area contributed by atoms with E-state index < -0.39 is 0 Å². The molecule has 2 aromatic rings. The normalized spacial score (nSPS) is 11.6. The van der Waals surface area contributed by atoms with Crippen molar-refractivity contribution in [2.75, 3.05) is 19.8 Å². The second-order valence-electron chi connectivity index (χ2n) is 6.01. The van der Waals surface area contributed by atoms with Crippen LogP contribution >= 0.6 is 0 Å². The van der Waals surface area contributed by atoms with Gasteiger partial charge in [-0.3, -0.25) is 0 Å². The van der Waals surface area contributed by atoms with Crippen LogP contribution in [-0.4, -0.2) is 19.8 Å². The molecule has 0 aliphatic rings. The lowest BCUT2D eigenvalue weighted by molar-refractivity contribution is 0.0981. The molecule has 25 heavy (non-hydrogen) atoms. The highest BCUT2D eigenvalue weighted by Crippen LogP contribution is 2.27. The summed E-state index contributed by atoms with van der Waals surface area (Å²) in [6.45, 7) is 7.92. The molecule has 0 aromatic heterocycles. The third kappa shape index (κ3) is 5.71. The van der Waals surface area contributed by atoms with E-state index in [9.17, 15) is 4.39 Å². The topological polar surface area (TPSA) is 18.5 Å². The van der Waals surface area contributed by atoms with Crippen LogP contribution in [0.5, 0.6) is 5.75 Å². The van der Waals surface area contributed by atoms with Crippen LogP contribution < -0.4 is 4.74 Å². The molecular weight excluding hydrogens is 315 g/mol. The van der Waals surface area contributed by atoms with Crippen molar-refractivity contribution in [3.8, 4) is 16.9 Å². The smallest absolute Gasteiger partial charge is 0.130 e. The summed E-state index contributed by atoms with van der Waals surface area (Å²) in [4.78, 5) is 0. The molecule has 0 unspecified atom stereocenters. The number of halogens is 1. The van der Waals surface area contributed by atoms with Gasteiger partial charge in [0.1, 0.15) is 18.2 Å². The molecule has 2 nitrogen and oxygen atoms in total. The van der Waals surface area contributed by atoms with Crippen molar-refractivity contribution in [3.05, 3.63) is 59.9 Å². The molecule has 0 saturated carbocycles. The van der Waals surface area contributed by atoms with Crippen LogP contribution in [0.1, 0.15) is 39.2 Å². The van der Waals surface area contributed by atoms with E-state index >= 15 is 0 Å². The molecular formula is C22H27FO2. The van der Waals surface area contributed by atoms with Gasteiger partial charge in [0.2, 0.25) is 0 Å². The molecule has 0 saturated heterocycles. The maximum absolute atomic E-state index is 14.0. The first-order valence-corrected chi connectivity index (χ1v) is 8.89.